The standard InChI is InChI=1S/C9H20O6Si/c1-8(2)9(10)14-6-7-15-16(11-3,12-4)13-5/h8H,6-7H2,1-5H3. The molecule has 0 rings (SSSR count). The molecule has 0 amide bonds. The van der Waals surface area contributed by atoms with Crippen LogP contribution < -0.4 is 0 Å². The molecule has 0 saturated carbocycles. The molecule has 0 heterocycles. The highest BCUT2D eigenvalue weighted by atomic mass is 28.4. The van der Waals surface area contributed by atoms with Gasteiger partial charge < -0.3 is 22.4 Å². The molecule has 0 radical (unpaired) electrons. The fraction of sp³-hybridized carbons (Fsp3) is 0.889. The monoisotopic (exact) mass is 252 g/mol. The van der Waals surface area contributed by atoms with Gasteiger partial charge in [-0.1, -0.05) is 13.8 Å². The predicted molar refractivity (Wildman–Crippen MR) is 58.5 cm³/mol. The lowest BCUT2D eigenvalue weighted by Gasteiger charge is -2.22. The van der Waals surface area contributed by atoms with E-state index in [1.807, 2.05) is 0 Å². The van der Waals surface area contributed by atoms with Crippen LogP contribution in [0.4, 0.5) is 0 Å². The van der Waals surface area contributed by atoms with Crippen molar-refractivity contribution in [2.45, 2.75) is 13.8 Å². The zero-order valence-corrected chi connectivity index (χ0v) is 11.4. The average molecular weight is 252 g/mol. The molecule has 0 atom stereocenters. The van der Waals surface area contributed by atoms with E-state index in [4.69, 9.17) is 22.4 Å². The fourth-order valence-electron chi connectivity index (χ4n) is 0.902. The summed E-state index contributed by atoms with van der Waals surface area (Å²) in [6.07, 6.45) is 0. The van der Waals surface area contributed by atoms with Crippen molar-refractivity contribution in [3.05, 3.63) is 0 Å². The van der Waals surface area contributed by atoms with Crippen LogP contribution in [0.2, 0.25) is 0 Å². The molecule has 0 bridgehead atoms. The van der Waals surface area contributed by atoms with Crippen LogP contribution in [0.3, 0.4) is 0 Å². The minimum atomic E-state index is -3.01. The molecule has 0 N–H and O–H groups in total. The zero-order chi connectivity index (χ0) is 12.6. The predicted octanol–water partition coefficient (Wildman–Crippen LogP) is 0.577. The van der Waals surface area contributed by atoms with Crippen LogP contribution in [-0.4, -0.2) is 49.6 Å². The maximum absolute atomic E-state index is 11.1. The third kappa shape index (κ3) is 5.04. The van der Waals surface area contributed by atoms with Crippen LogP contribution in [-0.2, 0) is 27.2 Å². The van der Waals surface area contributed by atoms with Crippen molar-refractivity contribution < 1.29 is 27.2 Å². The molecule has 0 saturated heterocycles. The van der Waals surface area contributed by atoms with E-state index >= 15 is 0 Å². The second kappa shape index (κ2) is 7.74. The van der Waals surface area contributed by atoms with Gasteiger partial charge in [-0.2, -0.15) is 0 Å². The van der Waals surface area contributed by atoms with Gasteiger partial charge in [0.25, 0.3) is 0 Å². The third-order valence-corrected chi connectivity index (χ3v) is 3.89. The van der Waals surface area contributed by atoms with Gasteiger partial charge in [-0.3, -0.25) is 4.79 Å². The van der Waals surface area contributed by atoms with Crippen molar-refractivity contribution in [3.8, 4) is 0 Å². The summed E-state index contributed by atoms with van der Waals surface area (Å²) in [5.41, 5.74) is 0. The van der Waals surface area contributed by atoms with Crippen molar-refractivity contribution in [1.29, 1.82) is 0 Å². The number of carbonyl (C=O) groups is 1. The highest BCUT2D eigenvalue weighted by Crippen LogP contribution is 2.07. The summed E-state index contributed by atoms with van der Waals surface area (Å²) in [4.78, 5) is 11.1. The highest BCUT2D eigenvalue weighted by molar-refractivity contribution is 6.53. The lowest BCUT2D eigenvalue weighted by molar-refractivity contribution is -0.148. The third-order valence-electron chi connectivity index (χ3n) is 1.83. The SMILES string of the molecule is CO[Si](OC)(OC)OCCOC(=O)C(C)C. The van der Waals surface area contributed by atoms with Crippen LogP contribution in [0.25, 0.3) is 0 Å². The minimum Gasteiger partial charge on any atom is -0.463 e. The summed E-state index contributed by atoms with van der Waals surface area (Å²) in [7, 11) is 1.32. The van der Waals surface area contributed by atoms with Crippen molar-refractivity contribution in [2.24, 2.45) is 5.92 Å². The number of ether oxygens (including phenoxy) is 1. The maximum Gasteiger partial charge on any atom is 0.679 e. The Morgan fingerprint density at radius 3 is 1.94 bits per heavy atom. The van der Waals surface area contributed by atoms with Gasteiger partial charge in [-0.25, -0.2) is 0 Å². The van der Waals surface area contributed by atoms with Gasteiger partial charge in [0.2, 0.25) is 0 Å². The molecule has 0 aliphatic carbocycles. The van der Waals surface area contributed by atoms with E-state index in [2.05, 4.69) is 0 Å². The van der Waals surface area contributed by atoms with E-state index in [0.29, 0.717) is 0 Å². The molecule has 16 heavy (non-hydrogen) atoms. The second-order valence-electron chi connectivity index (χ2n) is 3.28. The molecule has 96 valence electrons. The molecule has 6 nitrogen and oxygen atoms in total. The van der Waals surface area contributed by atoms with E-state index in [-0.39, 0.29) is 25.1 Å². The molecule has 7 heteroatoms. The minimum absolute atomic E-state index is 0.144. The average Bonchev–Trinajstić information content (AvgIpc) is 2.30. The molecular weight excluding hydrogens is 232 g/mol. The topological polar surface area (TPSA) is 63.2 Å². The number of rotatable bonds is 8. The Bertz CT molecular complexity index is 196. The van der Waals surface area contributed by atoms with Crippen molar-refractivity contribution in [2.75, 3.05) is 34.5 Å². The van der Waals surface area contributed by atoms with Gasteiger partial charge in [0.05, 0.1) is 12.5 Å². The Morgan fingerprint density at radius 1 is 1.06 bits per heavy atom. The Kier molecular flexibility index (Phi) is 7.51. The summed E-state index contributed by atoms with van der Waals surface area (Å²) in [6, 6.07) is 0. The molecule has 0 fully saturated rings. The number of esters is 1. The molecule has 0 aromatic heterocycles. The van der Waals surface area contributed by atoms with Crippen LogP contribution >= 0.6 is 0 Å². The number of hydrogen-bond donors (Lipinski definition) is 0. The molecule has 0 aliphatic heterocycles. The smallest absolute Gasteiger partial charge is 0.463 e. The summed E-state index contributed by atoms with van der Waals surface area (Å²) in [5, 5.41) is 0. The molecule has 0 unspecified atom stereocenters. The van der Waals surface area contributed by atoms with E-state index in [1.54, 1.807) is 13.8 Å². The first kappa shape index (κ1) is 15.5. The molecule has 0 aromatic carbocycles. The van der Waals surface area contributed by atoms with Gasteiger partial charge in [-0.15, -0.1) is 0 Å². The van der Waals surface area contributed by atoms with Gasteiger partial charge >= 0.3 is 15.0 Å². The largest absolute Gasteiger partial charge is 0.679 e. The first-order valence-electron chi connectivity index (χ1n) is 4.97. The molecular formula is C9H20O6Si. The summed E-state index contributed by atoms with van der Waals surface area (Å²) < 4.78 is 25.3. The fourth-order valence-corrected chi connectivity index (χ4v) is 2.09. The van der Waals surface area contributed by atoms with Crippen molar-refractivity contribution in [3.63, 3.8) is 0 Å². The number of carbonyl (C=O) groups excluding carboxylic acids is 1. The Morgan fingerprint density at radius 2 is 1.56 bits per heavy atom. The van der Waals surface area contributed by atoms with Gasteiger partial charge in [0, 0.05) is 21.3 Å². The van der Waals surface area contributed by atoms with Gasteiger partial charge in [0.15, 0.2) is 0 Å². The summed E-state index contributed by atoms with van der Waals surface area (Å²) >= 11 is 0. The summed E-state index contributed by atoms with van der Waals surface area (Å²) in [6.45, 7) is 3.87. The van der Waals surface area contributed by atoms with E-state index in [0.717, 1.165) is 0 Å². The van der Waals surface area contributed by atoms with Crippen LogP contribution in [0.5, 0.6) is 0 Å². The van der Waals surface area contributed by atoms with Crippen LogP contribution in [0.15, 0.2) is 0 Å². The first-order chi connectivity index (χ1) is 7.51. The van der Waals surface area contributed by atoms with Crippen LogP contribution in [0.1, 0.15) is 13.8 Å². The van der Waals surface area contributed by atoms with E-state index < -0.39 is 9.05 Å². The molecule has 0 aliphatic rings. The number of hydrogen-bond acceptors (Lipinski definition) is 6. The van der Waals surface area contributed by atoms with Crippen LogP contribution in [0, 0.1) is 5.92 Å². The lowest BCUT2D eigenvalue weighted by Crippen LogP contribution is -2.47. The van der Waals surface area contributed by atoms with Crippen molar-refractivity contribution >= 4 is 15.0 Å². The van der Waals surface area contributed by atoms with Gasteiger partial charge in [0.1, 0.15) is 6.61 Å². The van der Waals surface area contributed by atoms with E-state index in [9.17, 15) is 4.79 Å². The van der Waals surface area contributed by atoms with Crippen molar-refractivity contribution in [1.82, 2.24) is 0 Å². The Hall–Kier alpha value is -0.473. The first-order valence-corrected chi connectivity index (χ1v) is 6.60. The maximum atomic E-state index is 11.1. The molecule has 0 spiro atoms. The quantitative estimate of drug-likeness (QED) is 0.358. The van der Waals surface area contributed by atoms with Gasteiger partial charge in [-0.05, 0) is 0 Å². The Balaban J connectivity index is 3.83. The summed E-state index contributed by atoms with van der Waals surface area (Å²) in [5.74, 6) is -0.405. The normalized spacial score (nSPS) is 11.9. The highest BCUT2D eigenvalue weighted by Gasteiger charge is 2.42. The zero-order valence-electron chi connectivity index (χ0n) is 10.4. The van der Waals surface area contributed by atoms with E-state index in [1.165, 1.54) is 21.3 Å². The Labute approximate surface area is 97.3 Å². The lowest BCUT2D eigenvalue weighted by atomic mass is 10.2. The molecule has 0 aromatic rings. The second-order valence-corrected chi connectivity index (χ2v) is 5.80.